The number of carbonyl (C=O) groups is 1. The minimum absolute atomic E-state index is 0.00585. The molecule has 1 amide bonds. The molecule has 0 fully saturated rings. The normalized spacial score (nSPS) is 15.8. The Balaban J connectivity index is 1.89. The molecule has 0 radical (unpaired) electrons. The van der Waals surface area contributed by atoms with Gasteiger partial charge < -0.3 is 15.1 Å². The van der Waals surface area contributed by atoms with Gasteiger partial charge >= 0.3 is 0 Å². The number of carbonyl (C=O) groups excluding carboxylic acids is 1. The third-order valence-electron chi connectivity index (χ3n) is 5.47. The summed E-state index contributed by atoms with van der Waals surface area (Å²) in [5, 5.41) is 27.7. The molecule has 0 spiro atoms. The smallest absolute Gasteiger partial charge is 0.273 e. The van der Waals surface area contributed by atoms with Gasteiger partial charge in [-0.05, 0) is 61.2 Å². The molecule has 0 unspecified atom stereocenters. The van der Waals surface area contributed by atoms with Crippen LogP contribution in [0.4, 0.5) is 0 Å². The number of aliphatic hydroxyl groups excluding tert-OH is 1. The topological polar surface area (TPSA) is 89.5 Å². The van der Waals surface area contributed by atoms with Crippen molar-refractivity contribution in [1.29, 1.82) is 0 Å². The van der Waals surface area contributed by atoms with Gasteiger partial charge in [0.1, 0.15) is 17.1 Å². The third-order valence-corrected chi connectivity index (χ3v) is 5.73. The standard InChI is InChI=1S/C22H22ClN3O3/c1-12-10-16(17(28)11-13(12)2)19-18-20(25-24-19)22(29)26(8-3-9-27)21(18)14-4-6-15(23)7-5-14/h4-7,10-11,21,27-28H,3,8-9H2,1-2H3,(H,24,25)/t21-/m0/s1. The quantitative estimate of drug-likeness (QED) is 0.592. The second-order valence-corrected chi connectivity index (χ2v) is 7.78. The van der Waals surface area contributed by atoms with E-state index in [4.69, 9.17) is 11.6 Å². The molecule has 29 heavy (non-hydrogen) atoms. The summed E-state index contributed by atoms with van der Waals surface area (Å²) in [6.07, 6.45) is 0.470. The van der Waals surface area contributed by atoms with Crippen LogP contribution < -0.4 is 0 Å². The van der Waals surface area contributed by atoms with Crippen molar-refractivity contribution in [2.75, 3.05) is 13.2 Å². The number of rotatable bonds is 5. The fourth-order valence-electron chi connectivity index (χ4n) is 3.86. The largest absolute Gasteiger partial charge is 0.507 e. The molecule has 3 aromatic rings. The molecule has 7 heteroatoms. The zero-order chi connectivity index (χ0) is 20.7. The second kappa shape index (κ2) is 7.54. The number of amides is 1. The molecule has 3 N–H and O–H groups in total. The molecule has 2 aromatic carbocycles. The van der Waals surface area contributed by atoms with Crippen molar-refractivity contribution in [3.05, 3.63) is 69.4 Å². The van der Waals surface area contributed by atoms with Crippen LogP contribution in [0.15, 0.2) is 36.4 Å². The molecular weight excluding hydrogens is 390 g/mol. The van der Waals surface area contributed by atoms with Crippen molar-refractivity contribution < 1.29 is 15.0 Å². The van der Waals surface area contributed by atoms with E-state index in [1.165, 1.54) is 0 Å². The van der Waals surface area contributed by atoms with Crippen molar-refractivity contribution in [3.63, 3.8) is 0 Å². The molecule has 0 bridgehead atoms. The first-order chi connectivity index (χ1) is 13.9. The van der Waals surface area contributed by atoms with Crippen molar-refractivity contribution in [2.24, 2.45) is 0 Å². The molecule has 2 heterocycles. The van der Waals surface area contributed by atoms with Crippen LogP contribution in [0, 0.1) is 13.8 Å². The molecule has 1 aliphatic heterocycles. The number of H-pyrrole nitrogens is 1. The number of halogens is 1. The summed E-state index contributed by atoms with van der Waals surface area (Å²) in [6, 6.07) is 10.6. The number of aromatic amines is 1. The summed E-state index contributed by atoms with van der Waals surface area (Å²) in [5.41, 5.74) is 5.18. The predicted molar refractivity (Wildman–Crippen MR) is 111 cm³/mol. The number of phenolic OH excluding ortho intramolecular Hbond substituents is 1. The average Bonchev–Trinajstić information content (AvgIpc) is 3.23. The maximum atomic E-state index is 13.1. The van der Waals surface area contributed by atoms with E-state index in [2.05, 4.69) is 10.2 Å². The van der Waals surface area contributed by atoms with Crippen LogP contribution in [0.3, 0.4) is 0 Å². The number of phenols is 1. The van der Waals surface area contributed by atoms with Gasteiger partial charge in [-0.25, -0.2) is 0 Å². The zero-order valence-corrected chi connectivity index (χ0v) is 17.0. The maximum Gasteiger partial charge on any atom is 0.273 e. The summed E-state index contributed by atoms with van der Waals surface area (Å²) in [6.45, 7) is 4.31. The Bertz CT molecular complexity index is 1080. The number of fused-ring (bicyclic) bond motifs is 1. The first kappa shape index (κ1) is 19.5. The summed E-state index contributed by atoms with van der Waals surface area (Å²) >= 11 is 6.06. The lowest BCUT2D eigenvalue weighted by Gasteiger charge is -2.26. The molecule has 4 rings (SSSR count). The Hall–Kier alpha value is -2.83. The van der Waals surface area contributed by atoms with E-state index in [0.717, 1.165) is 22.3 Å². The second-order valence-electron chi connectivity index (χ2n) is 7.34. The van der Waals surface area contributed by atoms with E-state index in [1.807, 2.05) is 32.0 Å². The highest BCUT2D eigenvalue weighted by atomic mass is 35.5. The molecule has 1 aliphatic rings. The first-order valence-electron chi connectivity index (χ1n) is 9.48. The Morgan fingerprint density at radius 1 is 1.17 bits per heavy atom. The van der Waals surface area contributed by atoms with E-state index in [0.29, 0.717) is 34.9 Å². The van der Waals surface area contributed by atoms with Gasteiger partial charge in [0.2, 0.25) is 0 Å². The molecular formula is C22H22ClN3O3. The number of aryl methyl sites for hydroxylation is 2. The zero-order valence-electron chi connectivity index (χ0n) is 16.2. The number of aliphatic hydroxyl groups is 1. The lowest BCUT2D eigenvalue weighted by molar-refractivity contribution is 0.0732. The number of aromatic nitrogens is 2. The minimum Gasteiger partial charge on any atom is -0.507 e. The Kier molecular flexibility index (Phi) is 5.06. The van der Waals surface area contributed by atoms with E-state index >= 15 is 0 Å². The number of nitrogens with one attached hydrogen (secondary N) is 1. The predicted octanol–water partition coefficient (Wildman–Crippen LogP) is 3.98. The monoisotopic (exact) mass is 411 g/mol. The molecule has 1 atom stereocenters. The molecule has 1 aromatic heterocycles. The highest BCUT2D eigenvalue weighted by molar-refractivity contribution is 6.30. The van der Waals surface area contributed by atoms with E-state index in [9.17, 15) is 15.0 Å². The minimum atomic E-state index is -0.379. The Labute approximate surface area is 173 Å². The van der Waals surface area contributed by atoms with Crippen molar-refractivity contribution in [1.82, 2.24) is 15.1 Å². The van der Waals surface area contributed by atoms with Gasteiger partial charge in [-0.3, -0.25) is 9.89 Å². The maximum absolute atomic E-state index is 13.1. The van der Waals surface area contributed by atoms with Crippen LogP contribution >= 0.6 is 11.6 Å². The highest BCUT2D eigenvalue weighted by Crippen LogP contribution is 2.45. The van der Waals surface area contributed by atoms with E-state index < -0.39 is 0 Å². The van der Waals surface area contributed by atoms with E-state index in [1.54, 1.807) is 23.1 Å². The van der Waals surface area contributed by atoms with Crippen LogP contribution in [0.5, 0.6) is 5.75 Å². The number of benzene rings is 2. The van der Waals surface area contributed by atoms with Crippen LogP contribution in [-0.4, -0.2) is 44.4 Å². The first-order valence-corrected chi connectivity index (χ1v) is 9.86. The van der Waals surface area contributed by atoms with Gasteiger partial charge in [0.05, 0.1) is 6.04 Å². The SMILES string of the molecule is Cc1cc(O)c(-c2n[nH]c3c2[C@H](c2ccc(Cl)cc2)N(CCCO)C3=O)cc1C. The summed E-state index contributed by atoms with van der Waals surface area (Å²) in [4.78, 5) is 14.8. The average molecular weight is 412 g/mol. The summed E-state index contributed by atoms with van der Waals surface area (Å²) in [7, 11) is 0. The highest BCUT2D eigenvalue weighted by Gasteiger charge is 2.42. The van der Waals surface area contributed by atoms with Crippen molar-refractivity contribution in [3.8, 4) is 17.0 Å². The lowest BCUT2D eigenvalue weighted by atomic mass is 9.94. The van der Waals surface area contributed by atoms with Crippen LogP contribution in [-0.2, 0) is 0 Å². The molecule has 6 nitrogen and oxygen atoms in total. The van der Waals surface area contributed by atoms with E-state index in [-0.39, 0.29) is 24.3 Å². The molecule has 0 aliphatic carbocycles. The fraction of sp³-hybridized carbons (Fsp3) is 0.273. The van der Waals surface area contributed by atoms with Crippen molar-refractivity contribution in [2.45, 2.75) is 26.3 Å². The van der Waals surface area contributed by atoms with Gasteiger partial charge in [0.15, 0.2) is 0 Å². The number of nitrogens with zero attached hydrogens (tertiary/aromatic N) is 2. The van der Waals surface area contributed by atoms with Gasteiger partial charge in [-0.2, -0.15) is 5.10 Å². The number of aromatic hydroxyl groups is 1. The molecule has 0 saturated heterocycles. The lowest BCUT2D eigenvalue weighted by Crippen LogP contribution is -2.31. The van der Waals surface area contributed by atoms with Crippen LogP contribution in [0.1, 0.15) is 45.2 Å². The third kappa shape index (κ3) is 3.28. The fourth-order valence-corrected chi connectivity index (χ4v) is 3.98. The van der Waals surface area contributed by atoms with Gasteiger partial charge in [0.25, 0.3) is 5.91 Å². The van der Waals surface area contributed by atoms with Gasteiger partial charge in [-0.15, -0.1) is 0 Å². The van der Waals surface area contributed by atoms with Crippen LogP contribution in [0.25, 0.3) is 11.3 Å². The summed E-state index contributed by atoms with van der Waals surface area (Å²) in [5.74, 6) is -0.0472. The number of hydrogen-bond donors (Lipinski definition) is 3. The Morgan fingerprint density at radius 2 is 1.86 bits per heavy atom. The van der Waals surface area contributed by atoms with Gasteiger partial charge in [0, 0.05) is 29.3 Å². The molecule has 0 saturated carbocycles. The molecule has 150 valence electrons. The Morgan fingerprint density at radius 3 is 2.55 bits per heavy atom. The number of hydrogen-bond acceptors (Lipinski definition) is 4. The van der Waals surface area contributed by atoms with Crippen molar-refractivity contribution >= 4 is 17.5 Å². The van der Waals surface area contributed by atoms with Crippen LogP contribution in [0.2, 0.25) is 5.02 Å². The van der Waals surface area contributed by atoms with Gasteiger partial charge in [-0.1, -0.05) is 23.7 Å². The summed E-state index contributed by atoms with van der Waals surface area (Å²) < 4.78 is 0.